The average Bonchev–Trinajstić information content (AvgIpc) is 2.94. The summed E-state index contributed by atoms with van der Waals surface area (Å²) in [5, 5.41) is 0. The topological polar surface area (TPSA) is 52.6 Å². The minimum Gasteiger partial charge on any atom is -0.459 e. The Balaban J connectivity index is 2.22. The molecule has 2 rings (SSSR count). The van der Waals surface area contributed by atoms with Crippen molar-refractivity contribution in [1.82, 2.24) is 0 Å². The second kappa shape index (κ2) is 13.2. The number of hydrogen-bond donors (Lipinski definition) is 0. The standard InChI is InChI=1S/C35H52O4/c1-11-33(9,12-2)26-17-19-27(20-18-26)35(15-5,16-6)28-21-23-29(24-22-28)38-31(37)32(7,8)25-30(36)39-34(10,13-3)14-4/h17-24H,11-16,25H2,1-10H3. The highest BCUT2D eigenvalue weighted by Crippen LogP contribution is 2.41. The highest BCUT2D eigenvalue weighted by atomic mass is 16.6. The molecule has 0 aliphatic carbocycles. The van der Waals surface area contributed by atoms with Crippen LogP contribution >= 0.6 is 0 Å². The summed E-state index contributed by atoms with van der Waals surface area (Å²) in [5.74, 6) is -0.335. The molecule has 39 heavy (non-hydrogen) atoms. The average molecular weight is 537 g/mol. The Labute approximate surface area is 237 Å². The van der Waals surface area contributed by atoms with Crippen LogP contribution in [0, 0.1) is 5.41 Å². The third-order valence-corrected chi connectivity index (χ3v) is 9.51. The van der Waals surface area contributed by atoms with Crippen LogP contribution in [0.15, 0.2) is 48.5 Å². The van der Waals surface area contributed by atoms with Crippen molar-refractivity contribution >= 4 is 11.9 Å². The summed E-state index contributed by atoms with van der Waals surface area (Å²) in [6.45, 7) is 20.7. The van der Waals surface area contributed by atoms with E-state index in [1.807, 2.05) is 32.9 Å². The molecule has 0 N–H and O–H groups in total. The molecular formula is C35H52O4. The molecule has 4 nitrogen and oxygen atoms in total. The highest BCUT2D eigenvalue weighted by molar-refractivity contribution is 5.84. The largest absolute Gasteiger partial charge is 0.459 e. The second-order valence-corrected chi connectivity index (χ2v) is 12.2. The van der Waals surface area contributed by atoms with Crippen LogP contribution in [0.1, 0.15) is 131 Å². The summed E-state index contributed by atoms with van der Waals surface area (Å²) in [6, 6.07) is 17.1. The van der Waals surface area contributed by atoms with Crippen molar-refractivity contribution in [2.24, 2.45) is 5.41 Å². The molecule has 2 aromatic rings. The van der Waals surface area contributed by atoms with E-state index in [1.165, 1.54) is 16.7 Å². The molecule has 0 amide bonds. The summed E-state index contributed by atoms with van der Waals surface area (Å²) in [5.41, 5.74) is 2.47. The van der Waals surface area contributed by atoms with Gasteiger partial charge in [-0.05, 0) is 93.5 Å². The van der Waals surface area contributed by atoms with Gasteiger partial charge in [0.05, 0.1) is 11.8 Å². The van der Waals surface area contributed by atoms with Crippen LogP contribution in [-0.4, -0.2) is 17.5 Å². The van der Waals surface area contributed by atoms with Gasteiger partial charge in [-0.15, -0.1) is 0 Å². The van der Waals surface area contributed by atoms with E-state index >= 15 is 0 Å². The molecule has 0 aliphatic rings. The molecule has 0 spiro atoms. The van der Waals surface area contributed by atoms with Crippen molar-refractivity contribution < 1.29 is 19.1 Å². The van der Waals surface area contributed by atoms with E-state index in [1.54, 1.807) is 13.8 Å². The first kappa shape index (κ1) is 32.6. The first-order valence-electron chi connectivity index (χ1n) is 14.9. The van der Waals surface area contributed by atoms with Crippen LogP contribution in [-0.2, 0) is 25.2 Å². The minimum atomic E-state index is -0.998. The van der Waals surface area contributed by atoms with Gasteiger partial charge in [-0.25, -0.2) is 0 Å². The maximum atomic E-state index is 13.0. The summed E-state index contributed by atoms with van der Waals surface area (Å²) < 4.78 is 11.4. The van der Waals surface area contributed by atoms with Crippen molar-refractivity contribution in [3.05, 3.63) is 65.2 Å². The molecule has 4 heteroatoms. The number of carbonyl (C=O) groups excluding carboxylic acids is 2. The van der Waals surface area contributed by atoms with Gasteiger partial charge in [0.15, 0.2) is 0 Å². The first-order valence-corrected chi connectivity index (χ1v) is 14.9. The number of carbonyl (C=O) groups is 2. The molecule has 0 unspecified atom stereocenters. The van der Waals surface area contributed by atoms with Crippen molar-refractivity contribution in [3.8, 4) is 5.75 Å². The second-order valence-electron chi connectivity index (χ2n) is 12.2. The molecule has 0 aliphatic heterocycles. The fourth-order valence-corrected chi connectivity index (χ4v) is 5.31. The van der Waals surface area contributed by atoms with Gasteiger partial charge < -0.3 is 9.47 Å². The Morgan fingerprint density at radius 1 is 0.615 bits per heavy atom. The number of esters is 2. The van der Waals surface area contributed by atoms with Gasteiger partial charge in [0.1, 0.15) is 11.4 Å². The zero-order valence-corrected chi connectivity index (χ0v) is 26.2. The lowest BCUT2D eigenvalue weighted by Gasteiger charge is -2.34. The molecule has 0 atom stereocenters. The monoisotopic (exact) mass is 536 g/mol. The number of rotatable bonds is 14. The predicted octanol–water partition coefficient (Wildman–Crippen LogP) is 9.31. The quantitative estimate of drug-likeness (QED) is 0.178. The van der Waals surface area contributed by atoms with E-state index in [4.69, 9.17) is 9.47 Å². The van der Waals surface area contributed by atoms with Gasteiger partial charge in [0.2, 0.25) is 0 Å². The van der Waals surface area contributed by atoms with Crippen molar-refractivity contribution in [3.63, 3.8) is 0 Å². The zero-order chi connectivity index (χ0) is 29.5. The lowest BCUT2D eigenvalue weighted by molar-refractivity contribution is -0.165. The fourth-order valence-electron chi connectivity index (χ4n) is 5.31. The van der Waals surface area contributed by atoms with Gasteiger partial charge in [-0.1, -0.05) is 84.9 Å². The predicted molar refractivity (Wildman–Crippen MR) is 161 cm³/mol. The molecule has 0 saturated heterocycles. The summed E-state index contributed by atoms with van der Waals surface area (Å²) in [4.78, 5) is 25.6. The van der Waals surface area contributed by atoms with Crippen LogP contribution in [0.2, 0.25) is 0 Å². The van der Waals surface area contributed by atoms with Crippen LogP contribution in [0.25, 0.3) is 0 Å². The van der Waals surface area contributed by atoms with E-state index in [0.29, 0.717) is 5.75 Å². The third kappa shape index (κ3) is 7.32. The Bertz CT molecular complexity index is 1070. The van der Waals surface area contributed by atoms with Crippen LogP contribution in [0.5, 0.6) is 5.75 Å². The number of benzene rings is 2. The molecule has 0 aromatic heterocycles. The van der Waals surface area contributed by atoms with Crippen molar-refractivity contribution in [2.45, 2.75) is 131 Å². The lowest BCUT2D eigenvalue weighted by atomic mass is 9.69. The van der Waals surface area contributed by atoms with E-state index in [2.05, 4.69) is 71.0 Å². The Morgan fingerprint density at radius 3 is 1.46 bits per heavy atom. The minimum absolute atomic E-state index is 0.0284. The van der Waals surface area contributed by atoms with Crippen LogP contribution < -0.4 is 4.74 Å². The van der Waals surface area contributed by atoms with Gasteiger partial charge in [-0.3, -0.25) is 9.59 Å². The van der Waals surface area contributed by atoms with Crippen LogP contribution in [0.3, 0.4) is 0 Å². The Hall–Kier alpha value is -2.62. The fraction of sp³-hybridized carbons (Fsp3) is 0.600. The van der Waals surface area contributed by atoms with E-state index in [-0.39, 0.29) is 23.2 Å². The van der Waals surface area contributed by atoms with E-state index < -0.39 is 17.0 Å². The van der Waals surface area contributed by atoms with Gasteiger partial charge in [-0.2, -0.15) is 0 Å². The smallest absolute Gasteiger partial charge is 0.317 e. The van der Waals surface area contributed by atoms with Gasteiger partial charge in [0.25, 0.3) is 0 Å². The molecule has 0 radical (unpaired) electrons. The van der Waals surface area contributed by atoms with Gasteiger partial charge >= 0.3 is 11.9 Å². The summed E-state index contributed by atoms with van der Waals surface area (Å²) in [7, 11) is 0. The van der Waals surface area contributed by atoms with Crippen molar-refractivity contribution in [2.75, 3.05) is 0 Å². The summed E-state index contributed by atoms with van der Waals surface area (Å²) in [6.07, 6.45) is 5.58. The SMILES string of the molecule is CCC(C)(CC)OC(=O)CC(C)(C)C(=O)Oc1ccc(C(CC)(CC)c2ccc(C(C)(CC)CC)cc2)cc1. The lowest BCUT2D eigenvalue weighted by Crippen LogP contribution is -2.36. The Morgan fingerprint density at radius 2 is 1.05 bits per heavy atom. The number of hydrogen-bond acceptors (Lipinski definition) is 4. The molecule has 0 heterocycles. The number of ether oxygens (including phenoxy) is 2. The molecule has 2 aromatic carbocycles. The molecule has 0 fully saturated rings. The highest BCUT2D eigenvalue weighted by Gasteiger charge is 2.36. The molecule has 0 bridgehead atoms. The molecular weight excluding hydrogens is 484 g/mol. The van der Waals surface area contributed by atoms with Crippen LogP contribution in [0.4, 0.5) is 0 Å². The zero-order valence-electron chi connectivity index (χ0n) is 26.2. The Kier molecular flexibility index (Phi) is 11.0. The van der Waals surface area contributed by atoms with Gasteiger partial charge in [0, 0.05) is 5.41 Å². The van der Waals surface area contributed by atoms with Crippen molar-refractivity contribution in [1.29, 1.82) is 0 Å². The molecule has 0 saturated carbocycles. The van der Waals surface area contributed by atoms with E-state index in [0.717, 1.165) is 38.5 Å². The normalized spacial score (nSPS) is 12.8. The maximum absolute atomic E-state index is 13.0. The van der Waals surface area contributed by atoms with E-state index in [9.17, 15) is 9.59 Å². The third-order valence-electron chi connectivity index (χ3n) is 9.51. The molecule has 216 valence electrons. The maximum Gasteiger partial charge on any atom is 0.317 e. The first-order chi connectivity index (χ1) is 18.3. The summed E-state index contributed by atoms with van der Waals surface area (Å²) >= 11 is 0.